The molecule has 0 N–H and O–H groups in total. The van der Waals surface area contributed by atoms with E-state index in [1.807, 2.05) is 0 Å². The van der Waals surface area contributed by atoms with Crippen molar-refractivity contribution in [2.75, 3.05) is 0 Å². The lowest BCUT2D eigenvalue weighted by molar-refractivity contribution is 1.04. The monoisotopic (exact) mass is 248 g/mol. The van der Waals surface area contributed by atoms with Gasteiger partial charge in [-0.2, -0.15) is 0 Å². The summed E-state index contributed by atoms with van der Waals surface area (Å²) >= 11 is 0. The van der Waals surface area contributed by atoms with Crippen molar-refractivity contribution in [2.45, 2.75) is 33.6 Å². The van der Waals surface area contributed by atoms with Gasteiger partial charge in [0.25, 0.3) is 0 Å². The van der Waals surface area contributed by atoms with E-state index < -0.39 is 0 Å². The van der Waals surface area contributed by atoms with E-state index in [0.29, 0.717) is 0 Å². The van der Waals surface area contributed by atoms with Crippen molar-refractivity contribution in [2.24, 2.45) is 0 Å². The summed E-state index contributed by atoms with van der Waals surface area (Å²) in [7, 11) is 0. The first-order valence-corrected chi connectivity index (χ1v) is 7.08. The summed E-state index contributed by atoms with van der Waals surface area (Å²) in [5.74, 6) is 0. The zero-order valence-electron chi connectivity index (χ0n) is 12.0. The van der Waals surface area contributed by atoms with Gasteiger partial charge < -0.3 is 0 Å². The van der Waals surface area contributed by atoms with Gasteiger partial charge in [0.1, 0.15) is 0 Å². The summed E-state index contributed by atoms with van der Waals surface area (Å²) in [6.07, 6.45) is 4.69. The predicted octanol–water partition coefficient (Wildman–Crippen LogP) is 5.32. The Kier molecular flexibility index (Phi) is 3.02. The lowest BCUT2D eigenvalue weighted by Gasteiger charge is -2.14. The third-order valence-electron chi connectivity index (χ3n) is 4.18. The van der Waals surface area contributed by atoms with Gasteiger partial charge in [0, 0.05) is 0 Å². The van der Waals surface area contributed by atoms with E-state index in [1.54, 1.807) is 5.57 Å². The van der Waals surface area contributed by atoms with Crippen LogP contribution in [0.1, 0.15) is 35.6 Å². The minimum absolute atomic E-state index is 1.13. The second-order valence-electron chi connectivity index (χ2n) is 5.48. The smallest absolute Gasteiger partial charge is 0.00577 e. The highest BCUT2D eigenvalue weighted by atomic mass is 14.2. The third-order valence-corrected chi connectivity index (χ3v) is 4.18. The summed E-state index contributed by atoms with van der Waals surface area (Å²) in [5.41, 5.74) is 10.0. The molecule has 0 saturated carbocycles. The minimum atomic E-state index is 1.13. The van der Waals surface area contributed by atoms with Crippen molar-refractivity contribution in [1.82, 2.24) is 0 Å². The largest absolute Gasteiger partial charge is 0.0655 e. The lowest BCUT2D eigenvalue weighted by atomic mass is 9.90. The highest BCUT2D eigenvalue weighted by Crippen LogP contribution is 2.38. The number of rotatable bonds is 2. The molecule has 0 radical (unpaired) electrons. The van der Waals surface area contributed by atoms with E-state index in [1.165, 1.54) is 33.4 Å². The van der Waals surface area contributed by atoms with Gasteiger partial charge in [-0.3, -0.25) is 0 Å². The lowest BCUT2D eigenvalue weighted by Crippen LogP contribution is -1.93. The maximum absolute atomic E-state index is 2.41. The van der Waals surface area contributed by atoms with Crippen LogP contribution in [0.15, 0.2) is 42.0 Å². The number of benzene rings is 2. The van der Waals surface area contributed by atoms with E-state index in [9.17, 15) is 0 Å². The van der Waals surface area contributed by atoms with E-state index in [4.69, 9.17) is 0 Å². The SMILES string of the molecule is CCC1=Cc2c(ccc(C)c2-c2ccccc2C)C1. The summed E-state index contributed by atoms with van der Waals surface area (Å²) in [6.45, 7) is 6.67. The van der Waals surface area contributed by atoms with Crippen molar-refractivity contribution >= 4 is 6.08 Å². The molecule has 0 aromatic heterocycles. The fourth-order valence-electron chi connectivity index (χ4n) is 3.03. The molecule has 2 aromatic rings. The number of hydrogen-bond donors (Lipinski definition) is 0. The Morgan fingerprint density at radius 1 is 0.947 bits per heavy atom. The van der Waals surface area contributed by atoms with Crippen LogP contribution in [0, 0.1) is 13.8 Å². The first-order valence-electron chi connectivity index (χ1n) is 7.08. The minimum Gasteiger partial charge on any atom is -0.0655 e. The zero-order chi connectivity index (χ0) is 13.4. The second kappa shape index (κ2) is 4.70. The maximum Gasteiger partial charge on any atom is -0.00577 e. The molecule has 2 aromatic carbocycles. The van der Waals surface area contributed by atoms with Gasteiger partial charge in [-0.1, -0.05) is 55.0 Å². The van der Waals surface area contributed by atoms with E-state index in [2.05, 4.69) is 63.2 Å². The van der Waals surface area contributed by atoms with Crippen molar-refractivity contribution in [3.05, 3.63) is 64.2 Å². The number of allylic oxidation sites excluding steroid dienone is 1. The summed E-state index contributed by atoms with van der Waals surface area (Å²) < 4.78 is 0. The average molecular weight is 248 g/mol. The van der Waals surface area contributed by atoms with Gasteiger partial charge in [0.2, 0.25) is 0 Å². The van der Waals surface area contributed by atoms with Gasteiger partial charge in [0.15, 0.2) is 0 Å². The molecule has 0 heterocycles. The Morgan fingerprint density at radius 3 is 2.47 bits per heavy atom. The molecule has 0 spiro atoms. The highest BCUT2D eigenvalue weighted by molar-refractivity contribution is 5.84. The Hall–Kier alpha value is -1.82. The van der Waals surface area contributed by atoms with Crippen LogP contribution < -0.4 is 0 Å². The summed E-state index contributed by atoms with van der Waals surface area (Å²) in [4.78, 5) is 0. The molecule has 0 nitrogen and oxygen atoms in total. The molecule has 3 rings (SSSR count). The molecule has 0 bridgehead atoms. The van der Waals surface area contributed by atoms with Crippen LogP contribution in [0.4, 0.5) is 0 Å². The second-order valence-corrected chi connectivity index (χ2v) is 5.48. The summed E-state index contributed by atoms with van der Waals surface area (Å²) in [5, 5.41) is 0. The molecule has 0 fully saturated rings. The fraction of sp³-hybridized carbons (Fsp3) is 0.263. The van der Waals surface area contributed by atoms with Crippen LogP contribution in [0.3, 0.4) is 0 Å². The number of fused-ring (bicyclic) bond motifs is 1. The first kappa shape index (κ1) is 12.2. The van der Waals surface area contributed by atoms with E-state index in [-0.39, 0.29) is 0 Å². The number of hydrogen-bond acceptors (Lipinski definition) is 0. The van der Waals surface area contributed by atoms with E-state index in [0.717, 1.165) is 12.8 Å². The quantitative estimate of drug-likeness (QED) is 0.674. The molecule has 0 aliphatic heterocycles. The van der Waals surface area contributed by atoms with Crippen LogP contribution in [-0.4, -0.2) is 0 Å². The number of aryl methyl sites for hydroxylation is 2. The third kappa shape index (κ3) is 2.02. The van der Waals surface area contributed by atoms with Crippen molar-refractivity contribution < 1.29 is 0 Å². The molecule has 0 heteroatoms. The molecule has 0 atom stereocenters. The van der Waals surface area contributed by atoms with Crippen LogP contribution in [0.2, 0.25) is 0 Å². The van der Waals surface area contributed by atoms with Crippen LogP contribution in [-0.2, 0) is 6.42 Å². The maximum atomic E-state index is 2.41. The van der Waals surface area contributed by atoms with Gasteiger partial charge in [-0.05, 0) is 60.1 Å². The predicted molar refractivity (Wildman–Crippen MR) is 83.3 cm³/mol. The van der Waals surface area contributed by atoms with Crippen molar-refractivity contribution in [3.8, 4) is 11.1 Å². The molecule has 0 saturated heterocycles. The van der Waals surface area contributed by atoms with Gasteiger partial charge in [-0.15, -0.1) is 0 Å². The Morgan fingerprint density at radius 2 is 1.74 bits per heavy atom. The van der Waals surface area contributed by atoms with Gasteiger partial charge in [-0.25, -0.2) is 0 Å². The molecule has 96 valence electrons. The molecule has 19 heavy (non-hydrogen) atoms. The zero-order valence-corrected chi connectivity index (χ0v) is 12.0. The molecular weight excluding hydrogens is 228 g/mol. The van der Waals surface area contributed by atoms with E-state index >= 15 is 0 Å². The van der Waals surface area contributed by atoms with Crippen LogP contribution in [0.25, 0.3) is 17.2 Å². The van der Waals surface area contributed by atoms with Crippen LogP contribution >= 0.6 is 0 Å². The highest BCUT2D eigenvalue weighted by Gasteiger charge is 2.18. The van der Waals surface area contributed by atoms with Gasteiger partial charge in [0.05, 0.1) is 0 Å². The fourth-order valence-corrected chi connectivity index (χ4v) is 3.03. The van der Waals surface area contributed by atoms with Crippen molar-refractivity contribution in [3.63, 3.8) is 0 Å². The van der Waals surface area contributed by atoms with Crippen LogP contribution in [0.5, 0.6) is 0 Å². The standard InChI is InChI=1S/C19H20/c1-4-15-11-16-10-9-14(3)19(18(16)12-15)17-8-6-5-7-13(17)2/h5-10,12H,4,11H2,1-3H3. The molecule has 1 aliphatic carbocycles. The Labute approximate surface area is 115 Å². The molecule has 1 aliphatic rings. The Balaban J connectivity index is 2.26. The topological polar surface area (TPSA) is 0 Å². The first-order chi connectivity index (χ1) is 9.20. The molecular formula is C19H20. The Bertz CT molecular complexity index is 660. The molecule has 0 amide bonds. The average Bonchev–Trinajstić information content (AvgIpc) is 2.83. The normalized spacial score (nSPS) is 13.3. The van der Waals surface area contributed by atoms with Crippen molar-refractivity contribution in [1.29, 1.82) is 0 Å². The van der Waals surface area contributed by atoms with Gasteiger partial charge >= 0.3 is 0 Å². The summed E-state index contributed by atoms with van der Waals surface area (Å²) in [6, 6.07) is 13.3. The molecule has 0 unspecified atom stereocenters.